The van der Waals surface area contributed by atoms with Gasteiger partial charge in [-0.2, -0.15) is 5.26 Å². The van der Waals surface area contributed by atoms with E-state index in [1.54, 1.807) is 0 Å². The van der Waals surface area contributed by atoms with Gasteiger partial charge < -0.3 is 4.90 Å². The third-order valence-electron chi connectivity index (χ3n) is 7.41. The Balaban J connectivity index is 1.74. The zero-order valence-corrected chi connectivity index (χ0v) is 19.2. The summed E-state index contributed by atoms with van der Waals surface area (Å²) in [4.78, 5) is 2.58. The van der Waals surface area contributed by atoms with Crippen molar-refractivity contribution in [2.75, 3.05) is 13.1 Å². The normalized spacial score (nSPS) is 17.4. The van der Waals surface area contributed by atoms with Crippen molar-refractivity contribution in [2.45, 2.75) is 76.7 Å². The minimum absolute atomic E-state index is 0.230. The Morgan fingerprint density at radius 3 is 2.32 bits per heavy atom. The Hall–Kier alpha value is -2.18. The van der Waals surface area contributed by atoms with E-state index < -0.39 is 5.41 Å². The fourth-order valence-corrected chi connectivity index (χ4v) is 5.52. The van der Waals surface area contributed by atoms with Crippen molar-refractivity contribution in [3.63, 3.8) is 0 Å². The van der Waals surface area contributed by atoms with Gasteiger partial charge in [0, 0.05) is 12.6 Å². The van der Waals surface area contributed by atoms with E-state index >= 15 is 0 Å². The molecule has 0 aliphatic heterocycles. The Kier molecular flexibility index (Phi) is 8.67. The van der Waals surface area contributed by atoms with E-state index in [4.69, 9.17) is 0 Å². The molecule has 2 aromatic carbocycles. The summed E-state index contributed by atoms with van der Waals surface area (Å²) in [6.07, 6.45) is 8.59. The summed E-state index contributed by atoms with van der Waals surface area (Å²) in [7, 11) is 0. The molecule has 1 aliphatic carbocycles. The van der Waals surface area contributed by atoms with Gasteiger partial charge in [-0.1, -0.05) is 69.2 Å². The number of nitriles is 1. The summed E-state index contributed by atoms with van der Waals surface area (Å²) in [6, 6.07) is 20.6. The first-order chi connectivity index (χ1) is 15.1. The lowest BCUT2D eigenvalue weighted by Gasteiger charge is -2.37. The van der Waals surface area contributed by atoms with E-state index in [0.717, 1.165) is 57.2 Å². The molecule has 1 aliphatic rings. The van der Waals surface area contributed by atoms with E-state index in [1.165, 1.54) is 30.5 Å². The van der Waals surface area contributed by atoms with Crippen LogP contribution in [0.2, 0.25) is 0 Å². The van der Waals surface area contributed by atoms with Gasteiger partial charge in [0.25, 0.3) is 0 Å². The molecule has 2 nitrogen and oxygen atoms in total. The fraction of sp³-hybridized carbons (Fsp3) is 0.536. The van der Waals surface area contributed by atoms with Crippen molar-refractivity contribution in [1.82, 2.24) is 4.90 Å². The molecule has 0 amide bonds. The number of hydrogen-bond acceptors (Lipinski definition) is 2. The van der Waals surface area contributed by atoms with E-state index in [-0.39, 0.29) is 5.82 Å². The van der Waals surface area contributed by atoms with Crippen LogP contribution in [0.1, 0.15) is 69.9 Å². The third kappa shape index (κ3) is 5.74. The van der Waals surface area contributed by atoms with Crippen LogP contribution in [0.15, 0.2) is 54.6 Å². The quantitative estimate of drug-likeness (QED) is 0.395. The van der Waals surface area contributed by atoms with Gasteiger partial charge in [0.2, 0.25) is 0 Å². The highest BCUT2D eigenvalue weighted by Crippen LogP contribution is 2.45. The largest absolute Gasteiger partial charge is 0.300 e. The van der Waals surface area contributed by atoms with Crippen molar-refractivity contribution in [1.29, 1.82) is 5.26 Å². The first-order valence-corrected chi connectivity index (χ1v) is 12.1. The van der Waals surface area contributed by atoms with Crippen molar-refractivity contribution in [3.8, 4) is 6.07 Å². The van der Waals surface area contributed by atoms with Crippen LogP contribution >= 0.6 is 0 Å². The maximum Gasteiger partial charge on any atom is 0.123 e. The first-order valence-electron chi connectivity index (χ1n) is 12.1. The molecule has 0 radical (unpaired) electrons. The highest BCUT2D eigenvalue weighted by molar-refractivity contribution is 5.34. The van der Waals surface area contributed by atoms with Gasteiger partial charge in [0.05, 0.1) is 11.5 Å². The highest BCUT2D eigenvalue weighted by Gasteiger charge is 2.42. The minimum atomic E-state index is -0.504. The molecule has 2 atom stereocenters. The van der Waals surface area contributed by atoms with Gasteiger partial charge >= 0.3 is 0 Å². The van der Waals surface area contributed by atoms with Crippen LogP contribution in [0.4, 0.5) is 4.39 Å². The SMILES string of the molecule is CCC(CCC(C#N)(c1ccc(F)cc1)C1CCCC1)N(CC)CCc1ccccc1. The summed E-state index contributed by atoms with van der Waals surface area (Å²) in [5, 5.41) is 10.4. The van der Waals surface area contributed by atoms with Crippen LogP contribution in [0.3, 0.4) is 0 Å². The van der Waals surface area contributed by atoms with Crippen molar-refractivity contribution in [3.05, 3.63) is 71.5 Å². The molecule has 0 heterocycles. The first kappa shape index (κ1) is 23.5. The van der Waals surface area contributed by atoms with E-state index in [2.05, 4.69) is 55.1 Å². The minimum Gasteiger partial charge on any atom is -0.300 e. The zero-order chi connectivity index (χ0) is 22.1. The highest BCUT2D eigenvalue weighted by atomic mass is 19.1. The van der Waals surface area contributed by atoms with E-state index in [9.17, 15) is 9.65 Å². The number of rotatable bonds is 11. The summed E-state index contributed by atoms with van der Waals surface area (Å²) < 4.78 is 13.6. The molecule has 1 saturated carbocycles. The molecule has 3 heteroatoms. The average molecular weight is 421 g/mol. The number of likely N-dealkylation sites (N-methyl/N-ethyl adjacent to an activating group) is 1. The molecule has 0 aromatic heterocycles. The molecule has 0 N–H and O–H groups in total. The Bertz CT molecular complexity index is 820. The molecular weight excluding hydrogens is 383 g/mol. The second-order valence-corrected chi connectivity index (χ2v) is 9.04. The van der Waals surface area contributed by atoms with Crippen LogP contribution in [-0.4, -0.2) is 24.0 Å². The number of nitrogens with zero attached hydrogens (tertiary/aromatic N) is 2. The molecule has 1 fully saturated rings. The zero-order valence-electron chi connectivity index (χ0n) is 19.2. The van der Waals surface area contributed by atoms with Gasteiger partial charge in [0.15, 0.2) is 0 Å². The molecule has 0 spiro atoms. The molecule has 0 bridgehead atoms. The maximum absolute atomic E-state index is 13.6. The number of halogens is 1. The molecule has 2 aromatic rings. The van der Waals surface area contributed by atoms with Gasteiger partial charge in [-0.3, -0.25) is 0 Å². The molecule has 3 rings (SSSR count). The average Bonchev–Trinajstić information content (AvgIpc) is 3.35. The van der Waals surface area contributed by atoms with Crippen molar-refractivity contribution < 1.29 is 4.39 Å². The summed E-state index contributed by atoms with van der Waals surface area (Å²) in [6.45, 7) is 6.56. The Labute approximate surface area is 188 Å². The molecule has 0 saturated heterocycles. The smallest absolute Gasteiger partial charge is 0.123 e. The lowest BCUT2D eigenvalue weighted by Crippen LogP contribution is -2.39. The van der Waals surface area contributed by atoms with Crippen LogP contribution < -0.4 is 0 Å². The predicted octanol–water partition coefficient (Wildman–Crippen LogP) is 6.90. The van der Waals surface area contributed by atoms with Crippen LogP contribution in [0.25, 0.3) is 0 Å². The lowest BCUT2D eigenvalue weighted by atomic mass is 9.67. The molecule has 2 unspecified atom stereocenters. The standard InChI is InChI=1S/C28H37FN2/c1-3-27(31(4-2)21-19-23-10-6-5-7-11-23)18-20-28(22-30,24-12-8-9-13-24)25-14-16-26(29)17-15-25/h5-7,10-11,14-17,24,27H,3-4,8-9,12-13,18-21H2,1-2H3. The van der Waals surface area contributed by atoms with Crippen LogP contribution in [-0.2, 0) is 11.8 Å². The van der Waals surface area contributed by atoms with Gasteiger partial charge in [0.1, 0.15) is 5.82 Å². The maximum atomic E-state index is 13.6. The molecule has 166 valence electrons. The third-order valence-corrected chi connectivity index (χ3v) is 7.41. The number of hydrogen-bond donors (Lipinski definition) is 0. The van der Waals surface area contributed by atoms with Crippen LogP contribution in [0, 0.1) is 23.1 Å². The van der Waals surface area contributed by atoms with Crippen LogP contribution in [0.5, 0.6) is 0 Å². The topological polar surface area (TPSA) is 27.0 Å². The Morgan fingerprint density at radius 1 is 1.06 bits per heavy atom. The van der Waals surface area contributed by atoms with Gasteiger partial charge in [-0.15, -0.1) is 0 Å². The Morgan fingerprint density at radius 2 is 1.74 bits per heavy atom. The fourth-order valence-electron chi connectivity index (χ4n) is 5.52. The molecular formula is C28H37FN2. The summed E-state index contributed by atoms with van der Waals surface area (Å²) >= 11 is 0. The second-order valence-electron chi connectivity index (χ2n) is 9.04. The van der Waals surface area contributed by atoms with Gasteiger partial charge in [-0.25, -0.2) is 4.39 Å². The summed E-state index contributed by atoms with van der Waals surface area (Å²) in [5.74, 6) is 0.145. The van der Waals surface area contributed by atoms with E-state index in [0.29, 0.717) is 12.0 Å². The monoisotopic (exact) mass is 420 g/mol. The van der Waals surface area contributed by atoms with Crippen molar-refractivity contribution in [2.24, 2.45) is 5.92 Å². The van der Waals surface area contributed by atoms with Crippen molar-refractivity contribution >= 4 is 0 Å². The second kappa shape index (κ2) is 11.4. The van der Waals surface area contributed by atoms with Gasteiger partial charge in [-0.05, 0) is 74.2 Å². The van der Waals surface area contributed by atoms with E-state index in [1.807, 2.05) is 12.1 Å². The summed E-state index contributed by atoms with van der Waals surface area (Å²) in [5.41, 5.74) is 1.88. The predicted molar refractivity (Wildman–Crippen MR) is 126 cm³/mol. The lowest BCUT2D eigenvalue weighted by molar-refractivity contribution is 0.175. The molecule has 31 heavy (non-hydrogen) atoms. The number of benzene rings is 2.